The van der Waals surface area contributed by atoms with Gasteiger partial charge in [0.05, 0.1) is 29.9 Å². The summed E-state index contributed by atoms with van der Waals surface area (Å²) in [5.41, 5.74) is 0.394. The summed E-state index contributed by atoms with van der Waals surface area (Å²) in [5.74, 6) is -0.0203. The van der Waals surface area contributed by atoms with Crippen LogP contribution in [0, 0.1) is 32.8 Å². The quantitative estimate of drug-likeness (QED) is 0.517. The van der Waals surface area contributed by atoms with Gasteiger partial charge < -0.3 is 4.90 Å². The van der Waals surface area contributed by atoms with Gasteiger partial charge in [0.15, 0.2) is 5.82 Å². The largest absolute Gasteiger partial charge is 0.339 e. The molecule has 0 atom stereocenters. The van der Waals surface area contributed by atoms with E-state index in [1.165, 1.54) is 34.1 Å². The third kappa shape index (κ3) is 4.85. The SMILES string of the molecule is N#CCCN(CCC#N)C(=O)Cn1cnc(-c2cccc([N+](=O)[O-])c2)n1. The number of amides is 1. The van der Waals surface area contributed by atoms with Crippen LogP contribution < -0.4 is 0 Å². The van der Waals surface area contributed by atoms with Crippen LogP contribution in [0.2, 0.25) is 0 Å². The molecular formula is C16H15N7O3. The molecule has 0 aliphatic heterocycles. The molecule has 1 heterocycles. The minimum atomic E-state index is -0.508. The molecule has 0 bridgehead atoms. The van der Waals surface area contributed by atoms with Crippen molar-refractivity contribution in [3.05, 3.63) is 40.7 Å². The zero-order valence-electron chi connectivity index (χ0n) is 13.8. The second-order valence-corrected chi connectivity index (χ2v) is 5.27. The summed E-state index contributed by atoms with van der Waals surface area (Å²) in [6.07, 6.45) is 1.71. The van der Waals surface area contributed by atoms with Gasteiger partial charge in [-0.3, -0.25) is 14.9 Å². The fraction of sp³-hybridized carbons (Fsp3) is 0.312. The average Bonchev–Trinajstić information content (AvgIpc) is 3.10. The summed E-state index contributed by atoms with van der Waals surface area (Å²) < 4.78 is 1.32. The van der Waals surface area contributed by atoms with Crippen LogP contribution in [0.4, 0.5) is 5.69 Å². The predicted octanol–water partition coefficient (Wildman–Crippen LogP) is 1.51. The third-order valence-electron chi connectivity index (χ3n) is 3.49. The molecule has 1 aromatic carbocycles. The van der Waals surface area contributed by atoms with E-state index in [2.05, 4.69) is 10.1 Å². The zero-order chi connectivity index (χ0) is 18.9. The molecule has 1 amide bonds. The van der Waals surface area contributed by atoms with Crippen molar-refractivity contribution in [1.82, 2.24) is 19.7 Å². The fourth-order valence-corrected chi connectivity index (χ4v) is 2.23. The first-order valence-electron chi connectivity index (χ1n) is 7.71. The Morgan fingerprint density at radius 1 is 1.27 bits per heavy atom. The predicted molar refractivity (Wildman–Crippen MR) is 89.2 cm³/mol. The summed E-state index contributed by atoms with van der Waals surface area (Å²) in [6.45, 7) is 0.381. The van der Waals surface area contributed by atoms with Crippen molar-refractivity contribution in [3.8, 4) is 23.5 Å². The molecule has 10 nitrogen and oxygen atoms in total. The number of nitro benzene ring substituents is 1. The fourth-order valence-electron chi connectivity index (χ4n) is 2.23. The molecule has 0 fully saturated rings. The Morgan fingerprint density at radius 2 is 1.96 bits per heavy atom. The molecule has 0 spiro atoms. The molecule has 26 heavy (non-hydrogen) atoms. The highest BCUT2D eigenvalue weighted by Crippen LogP contribution is 2.20. The van der Waals surface area contributed by atoms with Gasteiger partial charge in [-0.15, -0.1) is 0 Å². The van der Waals surface area contributed by atoms with Crippen LogP contribution in [0.1, 0.15) is 12.8 Å². The minimum absolute atomic E-state index is 0.0749. The number of rotatable bonds is 8. The van der Waals surface area contributed by atoms with E-state index < -0.39 is 4.92 Å². The van der Waals surface area contributed by atoms with Crippen molar-refractivity contribution in [3.63, 3.8) is 0 Å². The summed E-state index contributed by atoms with van der Waals surface area (Å²) in [5, 5.41) is 32.4. The molecule has 1 aromatic heterocycles. The maximum absolute atomic E-state index is 12.3. The topological polar surface area (TPSA) is 142 Å². The summed E-state index contributed by atoms with van der Waals surface area (Å²) in [7, 11) is 0. The van der Waals surface area contributed by atoms with Crippen molar-refractivity contribution in [2.24, 2.45) is 0 Å². The Bertz CT molecular complexity index is 860. The summed E-state index contributed by atoms with van der Waals surface area (Å²) >= 11 is 0. The first-order chi connectivity index (χ1) is 12.5. The number of hydrogen-bond acceptors (Lipinski definition) is 7. The van der Waals surface area contributed by atoms with Gasteiger partial charge in [-0.2, -0.15) is 15.6 Å². The highest BCUT2D eigenvalue weighted by molar-refractivity contribution is 5.76. The van der Waals surface area contributed by atoms with E-state index in [-0.39, 0.29) is 49.9 Å². The lowest BCUT2D eigenvalue weighted by Crippen LogP contribution is -2.35. The molecule has 0 radical (unpaired) electrons. The van der Waals surface area contributed by atoms with Crippen LogP contribution in [-0.4, -0.2) is 43.6 Å². The van der Waals surface area contributed by atoms with Gasteiger partial charge in [0, 0.05) is 30.8 Å². The van der Waals surface area contributed by atoms with E-state index in [4.69, 9.17) is 10.5 Å². The first-order valence-corrected chi connectivity index (χ1v) is 7.71. The molecule has 0 saturated heterocycles. The van der Waals surface area contributed by atoms with Gasteiger partial charge in [0.25, 0.3) is 5.69 Å². The number of nitro groups is 1. The monoisotopic (exact) mass is 353 g/mol. The normalized spacial score (nSPS) is 9.92. The van der Waals surface area contributed by atoms with Crippen LogP contribution in [0.5, 0.6) is 0 Å². The number of benzene rings is 1. The maximum Gasteiger partial charge on any atom is 0.270 e. The first kappa shape index (κ1) is 18.5. The minimum Gasteiger partial charge on any atom is -0.339 e. The van der Waals surface area contributed by atoms with Gasteiger partial charge in [-0.1, -0.05) is 12.1 Å². The molecule has 0 unspecified atom stereocenters. The number of hydrogen-bond donors (Lipinski definition) is 0. The van der Waals surface area contributed by atoms with Crippen molar-refractivity contribution in [2.45, 2.75) is 19.4 Å². The van der Waals surface area contributed by atoms with E-state index in [0.717, 1.165) is 0 Å². The van der Waals surface area contributed by atoms with E-state index in [9.17, 15) is 14.9 Å². The van der Waals surface area contributed by atoms with E-state index >= 15 is 0 Å². The van der Waals surface area contributed by atoms with Gasteiger partial charge in [0.1, 0.15) is 12.9 Å². The molecule has 132 valence electrons. The molecular weight excluding hydrogens is 338 g/mol. The number of carbonyl (C=O) groups is 1. The highest BCUT2D eigenvalue weighted by atomic mass is 16.6. The van der Waals surface area contributed by atoms with E-state index in [1.807, 2.05) is 12.1 Å². The Kier molecular flexibility index (Phi) is 6.34. The summed E-state index contributed by atoms with van der Waals surface area (Å²) in [4.78, 5) is 28.2. The molecule has 0 aliphatic rings. The van der Waals surface area contributed by atoms with Crippen LogP contribution in [0.15, 0.2) is 30.6 Å². The van der Waals surface area contributed by atoms with Crippen molar-refractivity contribution >= 4 is 11.6 Å². The Hall–Kier alpha value is -3.79. The van der Waals surface area contributed by atoms with Gasteiger partial charge in [-0.05, 0) is 0 Å². The Balaban J connectivity index is 2.10. The lowest BCUT2D eigenvalue weighted by atomic mass is 10.2. The molecule has 10 heteroatoms. The van der Waals surface area contributed by atoms with Crippen molar-refractivity contribution in [1.29, 1.82) is 10.5 Å². The lowest BCUT2D eigenvalue weighted by Gasteiger charge is -2.20. The number of carbonyl (C=O) groups excluding carboxylic acids is 1. The molecule has 2 rings (SSSR count). The zero-order valence-corrected chi connectivity index (χ0v) is 13.8. The van der Waals surface area contributed by atoms with Gasteiger partial charge >= 0.3 is 0 Å². The number of nitriles is 2. The molecule has 0 aliphatic carbocycles. The Morgan fingerprint density at radius 3 is 2.58 bits per heavy atom. The molecule has 0 N–H and O–H groups in total. The van der Waals surface area contributed by atoms with Gasteiger partial charge in [0.2, 0.25) is 5.91 Å². The van der Waals surface area contributed by atoms with E-state index in [0.29, 0.717) is 5.56 Å². The summed E-state index contributed by atoms with van der Waals surface area (Å²) in [6, 6.07) is 9.83. The lowest BCUT2D eigenvalue weighted by molar-refractivity contribution is -0.384. The van der Waals surface area contributed by atoms with E-state index in [1.54, 1.807) is 6.07 Å². The third-order valence-corrected chi connectivity index (χ3v) is 3.49. The van der Waals surface area contributed by atoms with Gasteiger partial charge in [-0.25, -0.2) is 9.67 Å². The van der Waals surface area contributed by atoms with Crippen LogP contribution >= 0.6 is 0 Å². The number of nitrogens with zero attached hydrogens (tertiary/aromatic N) is 7. The number of aromatic nitrogens is 3. The highest BCUT2D eigenvalue weighted by Gasteiger charge is 2.16. The van der Waals surface area contributed by atoms with Crippen molar-refractivity contribution < 1.29 is 9.72 Å². The smallest absolute Gasteiger partial charge is 0.270 e. The molecule has 0 saturated carbocycles. The van der Waals surface area contributed by atoms with Crippen LogP contribution in [0.25, 0.3) is 11.4 Å². The maximum atomic E-state index is 12.3. The van der Waals surface area contributed by atoms with Crippen LogP contribution in [0.3, 0.4) is 0 Å². The average molecular weight is 353 g/mol. The second kappa shape index (κ2) is 8.89. The molecule has 2 aromatic rings. The van der Waals surface area contributed by atoms with Crippen molar-refractivity contribution in [2.75, 3.05) is 13.1 Å². The Labute approximate surface area is 149 Å². The van der Waals surface area contributed by atoms with Crippen LogP contribution in [-0.2, 0) is 11.3 Å². The number of non-ortho nitro benzene ring substituents is 1. The second-order valence-electron chi connectivity index (χ2n) is 5.27. The standard InChI is InChI=1S/C16H15N7O3/c17-6-2-8-21(9-3-7-18)15(24)11-22-12-19-16(20-22)13-4-1-5-14(10-13)23(25)26/h1,4-5,10,12H,2-3,8-9,11H2.